The topological polar surface area (TPSA) is 47.8 Å². The summed E-state index contributed by atoms with van der Waals surface area (Å²) in [6.07, 6.45) is 0. The molecule has 0 amide bonds. The van der Waals surface area contributed by atoms with E-state index in [4.69, 9.17) is 11.6 Å². The lowest BCUT2D eigenvalue weighted by atomic mass is 10.2. The summed E-state index contributed by atoms with van der Waals surface area (Å²) in [7, 11) is 0. The molecule has 0 N–H and O–H groups in total. The predicted molar refractivity (Wildman–Crippen MR) is 81.8 cm³/mol. The third-order valence-electron chi connectivity index (χ3n) is 3.01. The van der Waals surface area contributed by atoms with E-state index in [1.165, 1.54) is 4.68 Å². The van der Waals surface area contributed by atoms with E-state index < -0.39 is 5.24 Å². The van der Waals surface area contributed by atoms with Crippen molar-refractivity contribution in [2.24, 2.45) is 0 Å². The normalized spacial score (nSPS) is 10.5. The fraction of sp³-hybridized carbons (Fsp3) is 0.0625. The van der Waals surface area contributed by atoms with Crippen LogP contribution < -0.4 is 0 Å². The van der Waals surface area contributed by atoms with Gasteiger partial charge in [-0.1, -0.05) is 60.7 Å². The van der Waals surface area contributed by atoms with Gasteiger partial charge in [-0.25, -0.2) is 9.67 Å². The van der Waals surface area contributed by atoms with E-state index in [-0.39, 0.29) is 6.54 Å². The van der Waals surface area contributed by atoms with Gasteiger partial charge in [0.2, 0.25) is 5.24 Å². The number of carbonyl (C=O) groups excluding carboxylic acids is 1. The molecule has 0 aliphatic carbocycles. The van der Waals surface area contributed by atoms with E-state index in [2.05, 4.69) is 10.1 Å². The Balaban J connectivity index is 2.10. The lowest BCUT2D eigenvalue weighted by molar-refractivity contribution is -0.112. The minimum atomic E-state index is -0.475. The van der Waals surface area contributed by atoms with E-state index in [0.29, 0.717) is 11.6 Å². The molecule has 0 fully saturated rings. The van der Waals surface area contributed by atoms with E-state index in [1.54, 1.807) is 0 Å². The van der Waals surface area contributed by atoms with Crippen LogP contribution in [0, 0.1) is 0 Å². The van der Waals surface area contributed by atoms with Crippen molar-refractivity contribution in [3.63, 3.8) is 0 Å². The Kier molecular flexibility index (Phi) is 3.79. The van der Waals surface area contributed by atoms with E-state index in [9.17, 15) is 4.79 Å². The summed E-state index contributed by atoms with van der Waals surface area (Å²) in [4.78, 5) is 15.8. The van der Waals surface area contributed by atoms with Gasteiger partial charge in [-0.05, 0) is 11.6 Å². The maximum Gasteiger partial charge on any atom is 0.243 e. The summed E-state index contributed by atoms with van der Waals surface area (Å²) >= 11 is 5.50. The number of carbonyl (C=O) groups is 1. The molecule has 0 aliphatic heterocycles. The smallest absolute Gasteiger partial charge is 0.243 e. The van der Waals surface area contributed by atoms with Gasteiger partial charge in [0.25, 0.3) is 0 Å². The number of nitrogens with zero attached hydrogens (tertiary/aromatic N) is 3. The zero-order valence-electron chi connectivity index (χ0n) is 11.1. The van der Waals surface area contributed by atoms with Crippen molar-refractivity contribution < 1.29 is 4.79 Å². The molecule has 1 heterocycles. The highest BCUT2D eigenvalue weighted by molar-refractivity contribution is 6.63. The Morgan fingerprint density at radius 3 is 2.10 bits per heavy atom. The second-order valence-electron chi connectivity index (χ2n) is 4.50. The third-order valence-corrected chi connectivity index (χ3v) is 3.13. The standard InChI is InChI=1S/C16H12ClN3O/c17-14(21)11-20-16(13-9-5-2-6-10-13)18-15(19-20)12-7-3-1-4-8-12/h1-10H,11H2. The van der Waals surface area contributed by atoms with Crippen LogP contribution in [0.4, 0.5) is 0 Å². The fourth-order valence-electron chi connectivity index (χ4n) is 2.08. The van der Waals surface area contributed by atoms with Crippen LogP contribution >= 0.6 is 11.6 Å². The summed E-state index contributed by atoms with van der Waals surface area (Å²) < 4.78 is 1.53. The molecule has 0 saturated carbocycles. The van der Waals surface area contributed by atoms with E-state index >= 15 is 0 Å². The zero-order chi connectivity index (χ0) is 14.7. The Morgan fingerprint density at radius 1 is 0.952 bits per heavy atom. The second kappa shape index (κ2) is 5.89. The number of halogens is 1. The maximum atomic E-state index is 11.2. The SMILES string of the molecule is O=C(Cl)Cn1nc(-c2ccccc2)nc1-c1ccccc1. The third kappa shape index (κ3) is 3.01. The molecule has 0 radical (unpaired) electrons. The van der Waals surface area contributed by atoms with Crippen molar-refractivity contribution in [3.05, 3.63) is 60.7 Å². The molecule has 3 aromatic rings. The molecule has 4 nitrogen and oxygen atoms in total. The van der Waals surface area contributed by atoms with Gasteiger partial charge < -0.3 is 0 Å². The summed E-state index contributed by atoms with van der Waals surface area (Å²) in [5.74, 6) is 1.20. The summed E-state index contributed by atoms with van der Waals surface area (Å²) in [6, 6.07) is 19.2. The van der Waals surface area contributed by atoms with Gasteiger partial charge >= 0.3 is 0 Å². The lowest BCUT2D eigenvalue weighted by Gasteiger charge is -2.02. The van der Waals surface area contributed by atoms with Crippen LogP contribution in [0.15, 0.2) is 60.7 Å². The summed E-state index contributed by atoms with van der Waals surface area (Å²) in [6.45, 7) is -0.00832. The number of hydrogen-bond donors (Lipinski definition) is 0. The predicted octanol–water partition coefficient (Wildman–Crippen LogP) is 3.38. The maximum absolute atomic E-state index is 11.2. The van der Waals surface area contributed by atoms with Crippen molar-refractivity contribution in [1.82, 2.24) is 14.8 Å². The van der Waals surface area contributed by atoms with Crippen LogP contribution in [-0.4, -0.2) is 20.0 Å². The van der Waals surface area contributed by atoms with Crippen LogP contribution in [0.5, 0.6) is 0 Å². The average Bonchev–Trinajstić information content (AvgIpc) is 2.92. The Labute approximate surface area is 127 Å². The average molecular weight is 298 g/mol. The Hall–Kier alpha value is -2.46. The number of hydrogen-bond acceptors (Lipinski definition) is 3. The van der Waals surface area contributed by atoms with Gasteiger partial charge in [0.05, 0.1) is 0 Å². The van der Waals surface area contributed by atoms with Crippen molar-refractivity contribution in [2.45, 2.75) is 6.54 Å². The Morgan fingerprint density at radius 2 is 1.52 bits per heavy atom. The zero-order valence-corrected chi connectivity index (χ0v) is 11.9. The first kappa shape index (κ1) is 13.5. The van der Waals surface area contributed by atoms with Gasteiger partial charge in [-0.3, -0.25) is 4.79 Å². The molecule has 0 saturated heterocycles. The fourth-order valence-corrected chi connectivity index (χ4v) is 2.19. The van der Waals surface area contributed by atoms with E-state index in [0.717, 1.165) is 11.1 Å². The van der Waals surface area contributed by atoms with Gasteiger partial charge in [0.1, 0.15) is 6.54 Å². The van der Waals surface area contributed by atoms with E-state index in [1.807, 2.05) is 60.7 Å². The molecule has 0 unspecified atom stereocenters. The molecule has 0 spiro atoms. The van der Waals surface area contributed by atoms with Gasteiger partial charge in [0, 0.05) is 11.1 Å². The molecular weight excluding hydrogens is 286 g/mol. The van der Waals surface area contributed by atoms with Crippen molar-refractivity contribution in [2.75, 3.05) is 0 Å². The molecule has 2 aromatic carbocycles. The highest BCUT2D eigenvalue weighted by Crippen LogP contribution is 2.22. The van der Waals surface area contributed by atoms with Crippen molar-refractivity contribution in [3.8, 4) is 22.8 Å². The van der Waals surface area contributed by atoms with Gasteiger partial charge in [-0.2, -0.15) is 0 Å². The first-order valence-electron chi connectivity index (χ1n) is 6.48. The summed E-state index contributed by atoms with van der Waals surface area (Å²) in [5.41, 5.74) is 1.79. The van der Waals surface area contributed by atoms with Crippen LogP contribution in [0.1, 0.15) is 0 Å². The van der Waals surface area contributed by atoms with Crippen LogP contribution in [0.25, 0.3) is 22.8 Å². The molecule has 3 rings (SSSR count). The molecule has 21 heavy (non-hydrogen) atoms. The second-order valence-corrected chi connectivity index (χ2v) is 4.93. The van der Waals surface area contributed by atoms with Crippen molar-refractivity contribution in [1.29, 1.82) is 0 Å². The molecule has 1 aromatic heterocycles. The Bertz CT molecular complexity index is 754. The van der Waals surface area contributed by atoms with Crippen LogP contribution in [0.2, 0.25) is 0 Å². The van der Waals surface area contributed by atoms with Crippen LogP contribution in [0.3, 0.4) is 0 Å². The first-order valence-corrected chi connectivity index (χ1v) is 6.86. The first-order chi connectivity index (χ1) is 10.2. The molecule has 0 bridgehead atoms. The number of rotatable bonds is 4. The minimum Gasteiger partial charge on any atom is -0.279 e. The highest BCUT2D eigenvalue weighted by Gasteiger charge is 2.14. The molecule has 104 valence electrons. The number of benzene rings is 2. The highest BCUT2D eigenvalue weighted by atomic mass is 35.5. The van der Waals surface area contributed by atoms with Crippen LogP contribution in [-0.2, 0) is 11.3 Å². The molecule has 5 heteroatoms. The molecule has 0 atom stereocenters. The minimum absolute atomic E-state index is 0.00832. The molecular formula is C16H12ClN3O. The monoisotopic (exact) mass is 297 g/mol. The number of aromatic nitrogens is 3. The summed E-state index contributed by atoms with van der Waals surface area (Å²) in [5, 5.41) is 3.92. The van der Waals surface area contributed by atoms with Gasteiger partial charge in [0.15, 0.2) is 11.6 Å². The molecule has 0 aliphatic rings. The largest absolute Gasteiger partial charge is 0.279 e. The van der Waals surface area contributed by atoms with Crippen molar-refractivity contribution >= 4 is 16.8 Å². The lowest BCUT2D eigenvalue weighted by Crippen LogP contribution is -2.08. The van der Waals surface area contributed by atoms with Gasteiger partial charge in [-0.15, -0.1) is 5.10 Å². The quantitative estimate of drug-likeness (QED) is 0.694.